The smallest absolute Gasteiger partial charge is 0.129 e. The monoisotopic (exact) mass is 219 g/mol. The minimum absolute atomic E-state index is 0.200. The molecule has 1 aromatic carbocycles. The number of aromatic nitrogens is 2. The second kappa shape index (κ2) is 4.90. The molecule has 84 valence electrons. The molecule has 2 rings (SSSR count). The molecule has 16 heavy (non-hydrogen) atoms. The number of nitrogens with zero attached hydrogens (tertiary/aromatic N) is 2. The van der Waals surface area contributed by atoms with E-state index >= 15 is 0 Å². The van der Waals surface area contributed by atoms with Crippen LogP contribution in [0.4, 0.5) is 4.39 Å². The topological polar surface area (TPSA) is 29.9 Å². The summed E-state index contributed by atoms with van der Waals surface area (Å²) < 4.78 is 15.4. The zero-order valence-electron chi connectivity index (χ0n) is 9.15. The van der Waals surface area contributed by atoms with E-state index < -0.39 is 0 Å². The van der Waals surface area contributed by atoms with E-state index in [4.69, 9.17) is 0 Å². The molecule has 0 radical (unpaired) electrons. The van der Waals surface area contributed by atoms with Crippen LogP contribution in [-0.4, -0.2) is 16.3 Å². The zero-order chi connectivity index (χ0) is 11.4. The summed E-state index contributed by atoms with van der Waals surface area (Å²) in [7, 11) is 0. The van der Waals surface area contributed by atoms with Gasteiger partial charge in [-0.05, 0) is 24.7 Å². The maximum absolute atomic E-state index is 13.7. The highest BCUT2D eigenvalue weighted by Crippen LogP contribution is 2.17. The summed E-state index contributed by atoms with van der Waals surface area (Å²) in [6, 6.07) is 6.85. The van der Waals surface area contributed by atoms with Crippen LogP contribution < -0.4 is 5.32 Å². The molecule has 1 aromatic heterocycles. The quantitative estimate of drug-likeness (QED) is 0.853. The van der Waals surface area contributed by atoms with Crippen LogP contribution >= 0.6 is 0 Å². The van der Waals surface area contributed by atoms with E-state index in [0.29, 0.717) is 12.1 Å². The van der Waals surface area contributed by atoms with E-state index in [9.17, 15) is 4.39 Å². The fraction of sp³-hybridized carbons (Fsp3) is 0.250. The molecule has 2 aromatic rings. The molecule has 0 saturated heterocycles. The summed E-state index contributed by atoms with van der Waals surface area (Å²) in [5.74, 6) is -0.200. The predicted molar refractivity (Wildman–Crippen MR) is 60.9 cm³/mol. The molecule has 1 heterocycles. The van der Waals surface area contributed by atoms with Crippen LogP contribution in [0.15, 0.2) is 36.7 Å². The molecular weight excluding hydrogens is 205 g/mol. The van der Waals surface area contributed by atoms with Crippen LogP contribution in [0, 0.1) is 5.82 Å². The Morgan fingerprint density at radius 2 is 2.25 bits per heavy atom. The predicted octanol–water partition coefficient (Wildman–Crippen LogP) is 2.12. The van der Waals surface area contributed by atoms with Crippen molar-refractivity contribution in [3.05, 3.63) is 48.0 Å². The van der Waals surface area contributed by atoms with E-state index in [-0.39, 0.29) is 5.82 Å². The van der Waals surface area contributed by atoms with Crippen LogP contribution in [-0.2, 0) is 6.54 Å². The molecular formula is C12H14FN3. The Hall–Kier alpha value is -1.68. The van der Waals surface area contributed by atoms with Gasteiger partial charge in [0.1, 0.15) is 5.82 Å². The standard InChI is InChI=1S/C12H14FN3/c1-2-14-9-10-11(13)5-3-6-12(10)16-8-4-7-15-16/h3-8,14H,2,9H2,1H3. The highest BCUT2D eigenvalue weighted by Gasteiger charge is 2.09. The lowest BCUT2D eigenvalue weighted by Gasteiger charge is -2.10. The number of halogens is 1. The van der Waals surface area contributed by atoms with Gasteiger partial charge in [-0.1, -0.05) is 13.0 Å². The van der Waals surface area contributed by atoms with Crippen molar-refractivity contribution in [2.24, 2.45) is 0 Å². The Balaban J connectivity index is 2.40. The van der Waals surface area contributed by atoms with Crippen molar-refractivity contribution >= 4 is 0 Å². The number of rotatable bonds is 4. The van der Waals surface area contributed by atoms with Gasteiger partial charge in [0.05, 0.1) is 5.69 Å². The van der Waals surface area contributed by atoms with E-state index in [0.717, 1.165) is 12.2 Å². The Morgan fingerprint density at radius 3 is 2.94 bits per heavy atom. The van der Waals surface area contributed by atoms with Gasteiger partial charge in [0.2, 0.25) is 0 Å². The molecule has 0 atom stereocenters. The lowest BCUT2D eigenvalue weighted by molar-refractivity contribution is 0.589. The summed E-state index contributed by atoms with van der Waals surface area (Å²) in [5, 5.41) is 7.25. The van der Waals surface area contributed by atoms with Crippen molar-refractivity contribution < 1.29 is 4.39 Å². The molecule has 1 N–H and O–H groups in total. The molecule has 0 saturated carbocycles. The summed E-state index contributed by atoms with van der Waals surface area (Å²) in [6.45, 7) is 3.32. The normalized spacial score (nSPS) is 10.6. The first-order valence-corrected chi connectivity index (χ1v) is 5.31. The summed E-state index contributed by atoms with van der Waals surface area (Å²) in [4.78, 5) is 0. The van der Waals surface area contributed by atoms with E-state index in [1.54, 1.807) is 16.9 Å². The van der Waals surface area contributed by atoms with Gasteiger partial charge in [-0.3, -0.25) is 0 Å². The molecule has 3 nitrogen and oxygen atoms in total. The molecule has 0 amide bonds. The molecule has 0 fully saturated rings. The second-order valence-electron chi connectivity index (χ2n) is 3.47. The van der Waals surface area contributed by atoms with Crippen LogP contribution in [0.25, 0.3) is 5.69 Å². The Bertz CT molecular complexity index is 451. The maximum atomic E-state index is 13.7. The summed E-state index contributed by atoms with van der Waals surface area (Å²) >= 11 is 0. The summed E-state index contributed by atoms with van der Waals surface area (Å²) in [5.41, 5.74) is 1.43. The SMILES string of the molecule is CCNCc1c(F)cccc1-n1cccn1. The number of hydrogen-bond acceptors (Lipinski definition) is 2. The largest absolute Gasteiger partial charge is 0.313 e. The second-order valence-corrected chi connectivity index (χ2v) is 3.47. The Labute approximate surface area is 93.9 Å². The fourth-order valence-corrected chi connectivity index (χ4v) is 1.60. The third-order valence-corrected chi connectivity index (χ3v) is 2.40. The Morgan fingerprint density at radius 1 is 1.38 bits per heavy atom. The van der Waals surface area contributed by atoms with Gasteiger partial charge in [0, 0.05) is 24.5 Å². The number of nitrogens with one attached hydrogen (secondary N) is 1. The van der Waals surface area contributed by atoms with Gasteiger partial charge in [0.25, 0.3) is 0 Å². The van der Waals surface area contributed by atoms with E-state index in [1.807, 2.05) is 25.3 Å². The van der Waals surface area contributed by atoms with Crippen molar-refractivity contribution in [3.63, 3.8) is 0 Å². The third-order valence-electron chi connectivity index (χ3n) is 2.40. The van der Waals surface area contributed by atoms with Gasteiger partial charge in [-0.25, -0.2) is 9.07 Å². The first-order chi connectivity index (χ1) is 7.83. The van der Waals surface area contributed by atoms with Crippen molar-refractivity contribution in [2.45, 2.75) is 13.5 Å². The summed E-state index contributed by atoms with van der Waals surface area (Å²) in [6.07, 6.45) is 3.49. The molecule has 0 aliphatic carbocycles. The van der Waals surface area contributed by atoms with Crippen molar-refractivity contribution in [1.82, 2.24) is 15.1 Å². The van der Waals surface area contributed by atoms with Crippen LogP contribution in [0.3, 0.4) is 0 Å². The van der Waals surface area contributed by atoms with Gasteiger partial charge >= 0.3 is 0 Å². The van der Waals surface area contributed by atoms with Crippen LogP contribution in [0.5, 0.6) is 0 Å². The third kappa shape index (κ3) is 2.12. The van der Waals surface area contributed by atoms with Crippen molar-refractivity contribution in [2.75, 3.05) is 6.54 Å². The van der Waals surface area contributed by atoms with Crippen molar-refractivity contribution in [1.29, 1.82) is 0 Å². The average Bonchev–Trinajstić information content (AvgIpc) is 2.80. The molecule has 0 aliphatic heterocycles. The molecule has 0 aliphatic rings. The first-order valence-electron chi connectivity index (χ1n) is 5.31. The molecule has 0 bridgehead atoms. The zero-order valence-corrected chi connectivity index (χ0v) is 9.15. The number of hydrogen-bond donors (Lipinski definition) is 1. The van der Waals surface area contributed by atoms with Gasteiger partial charge in [-0.2, -0.15) is 5.10 Å². The minimum atomic E-state index is -0.200. The first kappa shape index (κ1) is 10.8. The van der Waals surface area contributed by atoms with Crippen molar-refractivity contribution in [3.8, 4) is 5.69 Å². The van der Waals surface area contributed by atoms with Crippen LogP contribution in [0.1, 0.15) is 12.5 Å². The maximum Gasteiger partial charge on any atom is 0.129 e. The molecule has 0 spiro atoms. The molecule has 4 heteroatoms. The fourth-order valence-electron chi connectivity index (χ4n) is 1.60. The van der Waals surface area contributed by atoms with E-state index in [1.165, 1.54) is 6.07 Å². The minimum Gasteiger partial charge on any atom is -0.313 e. The lowest BCUT2D eigenvalue weighted by atomic mass is 10.1. The number of benzene rings is 1. The highest BCUT2D eigenvalue weighted by molar-refractivity contribution is 5.41. The Kier molecular flexibility index (Phi) is 3.31. The van der Waals surface area contributed by atoms with Gasteiger partial charge in [-0.15, -0.1) is 0 Å². The molecule has 0 unspecified atom stereocenters. The van der Waals surface area contributed by atoms with Crippen LogP contribution in [0.2, 0.25) is 0 Å². The average molecular weight is 219 g/mol. The lowest BCUT2D eigenvalue weighted by Crippen LogP contribution is -2.15. The van der Waals surface area contributed by atoms with Gasteiger partial charge < -0.3 is 5.32 Å². The van der Waals surface area contributed by atoms with E-state index in [2.05, 4.69) is 10.4 Å². The van der Waals surface area contributed by atoms with Gasteiger partial charge in [0.15, 0.2) is 0 Å². The highest BCUT2D eigenvalue weighted by atomic mass is 19.1.